The molecule has 0 atom stereocenters. The van der Waals surface area contributed by atoms with E-state index in [9.17, 15) is 26.4 Å². The minimum Gasteiger partial charge on any atom is -0.454 e. The largest absolute Gasteiger partial charge is 0.454 e. The summed E-state index contributed by atoms with van der Waals surface area (Å²) in [5.41, 5.74) is 0.737. The standard InChI is InChI=1S/C21H23NO8S2/c1-15-3-6-18(31(2,25)26)13-19(15)21(24)30-14-20(23)16-4-7-17(8-5-16)32(27,28)22-9-11-29-12-10-22/h3-8,13H,9-12,14H2,1-2H3. The molecule has 0 aliphatic carbocycles. The number of nitrogens with zero attached hydrogens (tertiary/aromatic N) is 1. The van der Waals surface area contributed by atoms with Gasteiger partial charge in [-0.2, -0.15) is 4.31 Å². The third-order valence-corrected chi connectivity index (χ3v) is 8.00. The molecule has 0 amide bonds. The van der Waals surface area contributed by atoms with Gasteiger partial charge in [-0.15, -0.1) is 0 Å². The van der Waals surface area contributed by atoms with E-state index >= 15 is 0 Å². The quantitative estimate of drug-likeness (QED) is 0.430. The second-order valence-electron chi connectivity index (χ2n) is 7.29. The van der Waals surface area contributed by atoms with E-state index < -0.39 is 38.2 Å². The van der Waals surface area contributed by atoms with Gasteiger partial charge in [-0.1, -0.05) is 6.07 Å². The SMILES string of the molecule is Cc1ccc(S(C)(=O)=O)cc1C(=O)OCC(=O)c1ccc(S(=O)(=O)N2CCOCC2)cc1. The van der Waals surface area contributed by atoms with Crippen molar-refractivity contribution in [3.63, 3.8) is 0 Å². The van der Waals surface area contributed by atoms with Crippen molar-refractivity contribution < 1.29 is 35.9 Å². The van der Waals surface area contributed by atoms with Crippen LogP contribution in [0.3, 0.4) is 0 Å². The maximum Gasteiger partial charge on any atom is 0.338 e. The van der Waals surface area contributed by atoms with Crippen molar-refractivity contribution in [1.82, 2.24) is 4.31 Å². The van der Waals surface area contributed by atoms with Gasteiger partial charge < -0.3 is 9.47 Å². The van der Waals surface area contributed by atoms with Gasteiger partial charge >= 0.3 is 5.97 Å². The Morgan fingerprint density at radius 2 is 1.56 bits per heavy atom. The molecule has 0 radical (unpaired) electrons. The van der Waals surface area contributed by atoms with Gasteiger partial charge in [0.05, 0.1) is 28.6 Å². The van der Waals surface area contributed by atoms with E-state index in [0.29, 0.717) is 18.8 Å². The molecule has 9 nitrogen and oxygen atoms in total. The first-order valence-corrected chi connectivity index (χ1v) is 13.0. The van der Waals surface area contributed by atoms with Gasteiger partial charge in [-0.05, 0) is 48.9 Å². The molecule has 32 heavy (non-hydrogen) atoms. The van der Waals surface area contributed by atoms with Crippen LogP contribution in [-0.2, 0) is 29.3 Å². The van der Waals surface area contributed by atoms with Gasteiger partial charge in [-0.25, -0.2) is 21.6 Å². The highest BCUT2D eigenvalue weighted by atomic mass is 32.2. The fourth-order valence-electron chi connectivity index (χ4n) is 3.09. The van der Waals surface area contributed by atoms with Gasteiger partial charge in [0.15, 0.2) is 22.2 Å². The maximum absolute atomic E-state index is 12.6. The second-order valence-corrected chi connectivity index (χ2v) is 11.2. The Bertz CT molecular complexity index is 1230. The summed E-state index contributed by atoms with van der Waals surface area (Å²) in [6.45, 7) is 2.23. The molecule has 1 aliphatic heterocycles. The van der Waals surface area contributed by atoms with E-state index in [1.54, 1.807) is 6.92 Å². The number of esters is 1. The lowest BCUT2D eigenvalue weighted by molar-refractivity contribution is 0.0473. The molecule has 1 heterocycles. The summed E-state index contributed by atoms with van der Waals surface area (Å²) in [6.07, 6.45) is 1.03. The van der Waals surface area contributed by atoms with Crippen LogP contribution in [0.4, 0.5) is 0 Å². The van der Waals surface area contributed by atoms with Gasteiger partial charge in [0, 0.05) is 24.9 Å². The summed E-state index contributed by atoms with van der Waals surface area (Å²) in [5.74, 6) is -1.35. The van der Waals surface area contributed by atoms with Crippen molar-refractivity contribution in [2.24, 2.45) is 0 Å². The summed E-state index contributed by atoms with van der Waals surface area (Å²) in [4.78, 5) is 24.8. The fraction of sp³-hybridized carbons (Fsp3) is 0.333. The number of ether oxygens (including phenoxy) is 2. The number of carbonyl (C=O) groups is 2. The van der Waals surface area contributed by atoms with Crippen LogP contribution >= 0.6 is 0 Å². The molecule has 2 aromatic rings. The number of benzene rings is 2. The lowest BCUT2D eigenvalue weighted by Crippen LogP contribution is -2.40. The van der Waals surface area contributed by atoms with Crippen molar-refractivity contribution in [3.8, 4) is 0 Å². The van der Waals surface area contributed by atoms with Crippen LogP contribution in [-0.4, -0.2) is 72.1 Å². The molecule has 0 spiro atoms. The Kier molecular flexibility index (Phi) is 7.13. The van der Waals surface area contributed by atoms with Gasteiger partial charge in [0.2, 0.25) is 10.0 Å². The highest BCUT2D eigenvalue weighted by Gasteiger charge is 2.26. The number of hydrogen-bond acceptors (Lipinski definition) is 8. The molecule has 0 N–H and O–H groups in total. The fourth-order valence-corrected chi connectivity index (χ4v) is 5.15. The lowest BCUT2D eigenvalue weighted by atomic mass is 10.1. The second kappa shape index (κ2) is 9.49. The number of aryl methyl sites for hydroxylation is 1. The normalized spacial score (nSPS) is 15.3. The number of sulfone groups is 1. The molecule has 1 saturated heterocycles. The van der Waals surface area contributed by atoms with Crippen molar-refractivity contribution in [2.75, 3.05) is 39.2 Å². The van der Waals surface area contributed by atoms with Crippen LogP contribution in [0.5, 0.6) is 0 Å². The minimum atomic E-state index is -3.68. The molecule has 172 valence electrons. The van der Waals surface area contributed by atoms with Crippen molar-refractivity contribution in [1.29, 1.82) is 0 Å². The van der Waals surface area contributed by atoms with Crippen LogP contribution in [0.1, 0.15) is 26.3 Å². The first-order chi connectivity index (χ1) is 15.0. The van der Waals surface area contributed by atoms with E-state index in [1.807, 2.05) is 0 Å². The molecule has 3 rings (SSSR count). The zero-order chi connectivity index (χ0) is 23.5. The number of Topliss-reactive ketones (excluding diaryl/α,β-unsaturated/α-hetero) is 1. The molecule has 0 saturated carbocycles. The topological polar surface area (TPSA) is 124 Å². The average molecular weight is 482 g/mol. The van der Waals surface area contributed by atoms with E-state index in [0.717, 1.165) is 6.26 Å². The number of morpholine rings is 1. The van der Waals surface area contributed by atoms with E-state index in [4.69, 9.17) is 9.47 Å². The zero-order valence-electron chi connectivity index (χ0n) is 17.6. The first kappa shape index (κ1) is 24.1. The van der Waals surface area contributed by atoms with E-state index in [1.165, 1.54) is 46.8 Å². The predicted molar refractivity (Wildman–Crippen MR) is 115 cm³/mol. The molecular formula is C21H23NO8S2. The summed E-state index contributed by atoms with van der Waals surface area (Å²) < 4.78 is 60.3. The molecule has 0 aromatic heterocycles. The highest BCUT2D eigenvalue weighted by molar-refractivity contribution is 7.90. The number of rotatable bonds is 7. The molecule has 1 aliphatic rings. The Labute approximate surface area is 186 Å². The lowest BCUT2D eigenvalue weighted by Gasteiger charge is -2.26. The Morgan fingerprint density at radius 1 is 0.969 bits per heavy atom. The van der Waals surface area contributed by atoms with Gasteiger partial charge in [0.25, 0.3) is 0 Å². The third-order valence-electron chi connectivity index (χ3n) is 4.98. The van der Waals surface area contributed by atoms with Gasteiger partial charge in [-0.3, -0.25) is 4.79 Å². The van der Waals surface area contributed by atoms with Crippen molar-refractivity contribution in [2.45, 2.75) is 16.7 Å². The smallest absolute Gasteiger partial charge is 0.338 e. The van der Waals surface area contributed by atoms with Crippen molar-refractivity contribution >= 4 is 31.6 Å². The molecular weight excluding hydrogens is 458 g/mol. The van der Waals surface area contributed by atoms with E-state index in [2.05, 4.69) is 0 Å². The third kappa shape index (κ3) is 5.41. The Hall–Kier alpha value is -2.60. The summed E-state index contributed by atoms with van der Waals surface area (Å²) >= 11 is 0. The summed E-state index contributed by atoms with van der Waals surface area (Å²) in [7, 11) is -7.19. The maximum atomic E-state index is 12.6. The van der Waals surface area contributed by atoms with E-state index in [-0.39, 0.29) is 34.0 Å². The molecule has 1 fully saturated rings. The molecule has 0 bridgehead atoms. The average Bonchev–Trinajstić information content (AvgIpc) is 2.77. The summed E-state index contributed by atoms with van der Waals surface area (Å²) in [5, 5.41) is 0. The highest BCUT2D eigenvalue weighted by Crippen LogP contribution is 2.19. The Morgan fingerprint density at radius 3 is 2.16 bits per heavy atom. The van der Waals surface area contributed by atoms with Gasteiger partial charge in [0.1, 0.15) is 0 Å². The minimum absolute atomic E-state index is 0.0292. The number of sulfonamides is 1. The summed E-state index contributed by atoms with van der Waals surface area (Å²) in [6, 6.07) is 9.47. The molecule has 11 heteroatoms. The molecule has 2 aromatic carbocycles. The number of ketones is 1. The van der Waals surface area contributed by atoms with Crippen molar-refractivity contribution in [3.05, 3.63) is 59.2 Å². The predicted octanol–water partition coefficient (Wildman–Crippen LogP) is 1.46. The van der Waals surface area contributed by atoms with Crippen LogP contribution in [0.15, 0.2) is 52.3 Å². The monoisotopic (exact) mass is 481 g/mol. The van der Waals surface area contributed by atoms with Crippen LogP contribution < -0.4 is 0 Å². The van der Waals surface area contributed by atoms with Crippen LogP contribution in [0, 0.1) is 6.92 Å². The Balaban J connectivity index is 1.67. The molecule has 0 unspecified atom stereocenters. The first-order valence-electron chi connectivity index (χ1n) is 9.69. The van der Waals surface area contributed by atoms with Crippen LogP contribution in [0.25, 0.3) is 0 Å². The van der Waals surface area contributed by atoms with Crippen LogP contribution in [0.2, 0.25) is 0 Å². The number of carbonyl (C=O) groups excluding carboxylic acids is 2. The zero-order valence-corrected chi connectivity index (χ0v) is 19.2. The number of hydrogen-bond donors (Lipinski definition) is 0.